The lowest BCUT2D eigenvalue weighted by atomic mass is 9.93. The first-order chi connectivity index (χ1) is 9.22. The van der Waals surface area contributed by atoms with Crippen molar-refractivity contribution < 1.29 is 4.79 Å². The molecule has 0 aromatic rings. The Kier molecular flexibility index (Phi) is 6.46. The number of rotatable bonds is 6. The quantitative estimate of drug-likeness (QED) is 0.784. The molecule has 1 unspecified atom stereocenters. The number of nitrogens with two attached hydrogens (primary N) is 1. The number of carbonyl (C=O) groups is 1. The Morgan fingerprint density at radius 2 is 2.10 bits per heavy atom. The van der Waals surface area contributed by atoms with E-state index in [0.29, 0.717) is 12.5 Å². The van der Waals surface area contributed by atoms with Crippen LogP contribution in [0.1, 0.15) is 53.9 Å². The lowest BCUT2D eigenvalue weighted by Gasteiger charge is -2.43. The number of likely N-dealkylation sites (tertiary alicyclic amines) is 1. The molecular formula is C16H33N3O. The first kappa shape index (κ1) is 17.4. The van der Waals surface area contributed by atoms with Crippen LogP contribution in [0.25, 0.3) is 0 Å². The van der Waals surface area contributed by atoms with Gasteiger partial charge in [0.2, 0.25) is 5.91 Å². The predicted octanol–water partition coefficient (Wildman–Crippen LogP) is 1.99. The van der Waals surface area contributed by atoms with Crippen LogP contribution in [0.3, 0.4) is 0 Å². The molecule has 1 fully saturated rings. The van der Waals surface area contributed by atoms with E-state index < -0.39 is 0 Å². The minimum atomic E-state index is -0.383. The summed E-state index contributed by atoms with van der Waals surface area (Å²) >= 11 is 0. The highest BCUT2D eigenvalue weighted by atomic mass is 16.2. The van der Waals surface area contributed by atoms with Crippen LogP contribution in [0.4, 0.5) is 0 Å². The van der Waals surface area contributed by atoms with E-state index in [2.05, 4.69) is 44.8 Å². The highest BCUT2D eigenvalue weighted by Crippen LogP contribution is 2.23. The van der Waals surface area contributed by atoms with Gasteiger partial charge in [0.15, 0.2) is 0 Å². The third-order valence-electron chi connectivity index (χ3n) is 4.27. The molecule has 4 heteroatoms. The van der Waals surface area contributed by atoms with E-state index in [9.17, 15) is 4.79 Å². The summed E-state index contributed by atoms with van der Waals surface area (Å²) in [6.45, 7) is 13.8. The van der Waals surface area contributed by atoms with Crippen molar-refractivity contribution in [3.63, 3.8) is 0 Å². The molecule has 0 aliphatic carbocycles. The van der Waals surface area contributed by atoms with Gasteiger partial charge in [-0.1, -0.05) is 20.8 Å². The van der Waals surface area contributed by atoms with Gasteiger partial charge in [-0.2, -0.15) is 0 Å². The van der Waals surface area contributed by atoms with Gasteiger partial charge < -0.3 is 11.1 Å². The minimum absolute atomic E-state index is 0.00188. The number of nitrogens with one attached hydrogen (secondary N) is 1. The minimum Gasteiger partial charge on any atom is -0.353 e. The van der Waals surface area contributed by atoms with Gasteiger partial charge in [-0.15, -0.1) is 0 Å². The van der Waals surface area contributed by atoms with Gasteiger partial charge >= 0.3 is 0 Å². The smallest absolute Gasteiger partial charge is 0.236 e. The van der Waals surface area contributed by atoms with Gasteiger partial charge in [0.25, 0.3) is 0 Å². The maximum atomic E-state index is 12.0. The van der Waals surface area contributed by atoms with E-state index in [-0.39, 0.29) is 17.5 Å². The van der Waals surface area contributed by atoms with Gasteiger partial charge in [-0.3, -0.25) is 9.69 Å². The second kappa shape index (κ2) is 7.41. The van der Waals surface area contributed by atoms with Crippen LogP contribution in [0.5, 0.6) is 0 Å². The Labute approximate surface area is 124 Å². The normalized spacial score (nSPS) is 22.9. The fourth-order valence-electron chi connectivity index (χ4n) is 2.90. The van der Waals surface area contributed by atoms with Gasteiger partial charge in [0, 0.05) is 18.6 Å². The van der Waals surface area contributed by atoms with Crippen LogP contribution in [0, 0.1) is 11.8 Å². The maximum Gasteiger partial charge on any atom is 0.236 e. The van der Waals surface area contributed by atoms with Gasteiger partial charge in [-0.05, 0) is 51.5 Å². The molecule has 0 aromatic heterocycles. The molecule has 20 heavy (non-hydrogen) atoms. The number of amides is 1. The third-order valence-corrected chi connectivity index (χ3v) is 4.27. The van der Waals surface area contributed by atoms with Crippen molar-refractivity contribution in [3.8, 4) is 0 Å². The Morgan fingerprint density at radius 3 is 2.65 bits per heavy atom. The zero-order valence-corrected chi connectivity index (χ0v) is 13.9. The molecule has 3 N–H and O–H groups in total. The van der Waals surface area contributed by atoms with E-state index in [1.165, 1.54) is 12.8 Å². The molecule has 0 aromatic carbocycles. The SMILES string of the molecule is CC(C)C[C@H](N)C(=O)NCC(C)(C)N1CCCC(C)C1. The standard InChI is InChI=1S/C16H33N3O/c1-12(2)9-14(17)15(20)18-11-16(4,5)19-8-6-7-13(3)10-19/h12-14H,6-11,17H2,1-5H3,(H,18,20)/t13?,14-/m0/s1. The van der Waals surface area contributed by atoms with Gasteiger partial charge in [0.05, 0.1) is 6.04 Å². The van der Waals surface area contributed by atoms with Crippen LogP contribution >= 0.6 is 0 Å². The number of carbonyl (C=O) groups excluding carboxylic acids is 1. The van der Waals surface area contributed by atoms with Crippen molar-refractivity contribution in [1.82, 2.24) is 10.2 Å². The summed E-state index contributed by atoms with van der Waals surface area (Å²) in [6, 6.07) is -0.383. The molecule has 118 valence electrons. The summed E-state index contributed by atoms with van der Waals surface area (Å²) in [5.74, 6) is 1.19. The third kappa shape index (κ3) is 5.41. The highest BCUT2D eigenvalue weighted by Gasteiger charge is 2.30. The molecule has 0 saturated carbocycles. The van der Waals surface area contributed by atoms with Crippen LogP contribution in [-0.4, -0.2) is 42.0 Å². The fraction of sp³-hybridized carbons (Fsp3) is 0.938. The van der Waals surface area contributed by atoms with E-state index in [4.69, 9.17) is 5.73 Å². The molecule has 0 bridgehead atoms. The number of hydrogen-bond donors (Lipinski definition) is 2. The first-order valence-corrected chi connectivity index (χ1v) is 8.00. The van der Waals surface area contributed by atoms with Crippen molar-refractivity contribution in [2.45, 2.75) is 65.5 Å². The Morgan fingerprint density at radius 1 is 1.45 bits per heavy atom. The van der Waals surface area contributed by atoms with E-state index >= 15 is 0 Å². The van der Waals surface area contributed by atoms with Crippen LogP contribution in [-0.2, 0) is 4.79 Å². The molecule has 1 aliphatic heterocycles. The summed E-state index contributed by atoms with van der Waals surface area (Å²) in [7, 11) is 0. The number of nitrogens with zero attached hydrogens (tertiary/aromatic N) is 1. The molecule has 2 atom stereocenters. The van der Waals surface area contributed by atoms with Gasteiger partial charge in [-0.25, -0.2) is 0 Å². The molecule has 1 amide bonds. The zero-order valence-electron chi connectivity index (χ0n) is 13.9. The van der Waals surface area contributed by atoms with Crippen LogP contribution in [0.2, 0.25) is 0 Å². The van der Waals surface area contributed by atoms with Crippen molar-refractivity contribution in [1.29, 1.82) is 0 Å². The largest absolute Gasteiger partial charge is 0.353 e. The second-order valence-corrected chi connectivity index (χ2v) is 7.46. The zero-order chi connectivity index (χ0) is 15.3. The Bertz CT molecular complexity index is 315. The molecule has 4 nitrogen and oxygen atoms in total. The first-order valence-electron chi connectivity index (χ1n) is 8.00. The van der Waals surface area contributed by atoms with Crippen molar-refractivity contribution in [2.24, 2.45) is 17.6 Å². The summed E-state index contributed by atoms with van der Waals surface area (Å²) < 4.78 is 0. The molecule has 1 rings (SSSR count). The maximum absolute atomic E-state index is 12.0. The summed E-state index contributed by atoms with van der Waals surface area (Å²) in [5, 5.41) is 3.03. The highest BCUT2D eigenvalue weighted by molar-refractivity contribution is 5.81. The van der Waals surface area contributed by atoms with Crippen LogP contribution < -0.4 is 11.1 Å². The average molecular weight is 283 g/mol. The summed E-state index contributed by atoms with van der Waals surface area (Å²) in [6.07, 6.45) is 3.32. The van der Waals surface area contributed by atoms with Gasteiger partial charge in [0.1, 0.15) is 0 Å². The molecular weight excluding hydrogens is 250 g/mol. The molecule has 1 heterocycles. The predicted molar refractivity (Wildman–Crippen MR) is 84.5 cm³/mol. The van der Waals surface area contributed by atoms with Crippen LogP contribution in [0.15, 0.2) is 0 Å². The molecule has 0 radical (unpaired) electrons. The topological polar surface area (TPSA) is 58.4 Å². The average Bonchev–Trinajstić information content (AvgIpc) is 2.35. The number of piperidine rings is 1. The lowest BCUT2D eigenvalue weighted by molar-refractivity contribution is -0.123. The molecule has 1 aliphatic rings. The molecule has 0 spiro atoms. The lowest BCUT2D eigenvalue weighted by Crippen LogP contribution is -2.56. The van der Waals surface area contributed by atoms with Crippen molar-refractivity contribution in [3.05, 3.63) is 0 Å². The summed E-state index contributed by atoms with van der Waals surface area (Å²) in [5.41, 5.74) is 5.92. The van der Waals surface area contributed by atoms with E-state index in [1.807, 2.05) is 0 Å². The van der Waals surface area contributed by atoms with E-state index in [0.717, 1.165) is 25.4 Å². The fourth-order valence-corrected chi connectivity index (χ4v) is 2.90. The van der Waals surface area contributed by atoms with Crippen molar-refractivity contribution in [2.75, 3.05) is 19.6 Å². The second-order valence-electron chi connectivity index (χ2n) is 7.46. The molecule has 1 saturated heterocycles. The monoisotopic (exact) mass is 283 g/mol. The Balaban J connectivity index is 2.44. The number of hydrogen-bond acceptors (Lipinski definition) is 3. The van der Waals surface area contributed by atoms with E-state index in [1.54, 1.807) is 0 Å². The summed E-state index contributed by atoms with van der Waals surface area (Å²) in [4.78, 5) is 14.5. The Hall–Kier alpha value is -0.610. The van der Waals surface area contributed by atoms with Crippen molar-refractivity contribution >= 4 is 5.91 Å².